The number of aromatic nitrogens is 2. The number of carbonyl (C=O) groups excluding carboxylic acids is 4. The number of thioether (sulfide) groups is 2. The van der Waals surface area contributed by atoms with Crippen molar-refractivity contribution in [3.63, 3.8) is 0 Å². The Hall–Kier alpha value is -4.86. The smallest absolute Gasteiger partial charge is 0.352 e. The molecular formula is C29H34N10O8S3. The number of benzene rings is 1. The largest absolute Gasteiger partial charge is 0.508 e. The van der Waals surface area contributed by atoms with Crippen LogP contribution in [0.1, 0.15) is 32.4 Å². The van der Waals surface area contributed by atoms with E-state index in [9.17, 15) is 39.0 Å². The number of phenolic OH excluding ortho intramolecular Hbond substituents is 1. The van der Waals surface area contributed by atoms with E-state index in [1.165, 1.54) is 71.2 Å². The molecule has 1 saturated heterocycles. The van der Waals surface area contributed by atoms with E-state index in [4.69, 9.17) is 5.73 Å². The summed E-state index contributed by atoms with van der Waals surface area (Å²) >= 11 is 3.77. The zero-order valence-electron chi connectivity index (χ0n) is 26.8. The van der Waals surface area contributed by atoms with Crippen LogP contribution in [0, 0.1) is 5.92 Å². The lowest BCUT2D eigenvalue weighted by Crippen LogP contribution is -2.71. The number of H-pyrrole nitrogens is 1. The van der Waals surface area contributed by atoms with Crippen molar-refractivity contribution in [2.75, 3.05) is 28.3 Å². The number of hydrogen-bond acceptors (Lipinski definition) is 14. The Kier molecular flexibility index (Phi) is 11.2. The van der Waals surface area contributed by atoms with Crippen LogP contribution in [0.4, 0.5) is 16.4 Å². The summed E-state index contributed by atoms with van der Waals surface area (Å²) in [7, 11) is 0. The van der Waals surface area contributed by atoms with E-state index in [1.54, 1.807) is 6.20 Å². The van der Waals surface area contributed by atoms with Gasteiger partial charge in [0.15, 0.2) is 0 Å². The highest BCUT2D eigenvalue weighted by atomic mass is 32.2. The highest BCUT2D eigenvalue weighted by Crippen LogP contribution is 2.43. The number of aliphatic carboxylic acids is 1. The molecule has 1 aromatic carbocycles. The number of carbonyl (C=O) groups is 5. The van der Waals surface area contributed by atoms with E-state index >= 15 is 0 Å². The Bertz CT molecular complexity index is 1820. The summed E-state index contributed by atoms with van der Waals surface area (Å²) in [5.74, 6) is -2.44. The quantitative estimate of drug-likeness (QED) is 0.105. The predicted molar refractivity (Wildman–Crippen MR) is 188 cm³/mol. The van der Waals surface area contributed by atoms with Crippen LogP contribution in [0.3, 0.4) is 0 Å². The Morgan fingerprint density at radius 2 is 1.92 bits per heavy atom. The van der Waals surface area contributed by atoms with Crippen molar-refractivity contribution in [2.45, 2.75) is 38.2 Å². The monoisotopic (exact) mass is 746 g/mol. The number of hydrogen-bond donors (Lipinski definition) is 8. The Morgan fingerprint density at radius 3 is 2.54 bits per heavy atom. The van der Waals surface area contributed by atoms with Crippen LogP contribution < -0.4 is 37.7 Å². The first-order valence-electron chi connectivity index (χ1n) is 15.0. The number of carboxylic acid groups (broad SMARTS) is 1. The van der Waals surface area contributed by atoms with Gasteiger partial charge >= 0.3 is 12.0 Å². The van der Waals surface area contributed by atoms with Crippen LogP contribution in [0.5, 0.6) is 5.75 Å². The molecule has 3 aliphatic heterocycles. The second-order valence-corrected chi connectivity index (χ2v) is 14.9. The Morgan fingerprint density at radius 1 is 1.20 bits per heavy atom. The molecule has 1 fully saturated rings. The van der Waals surface area contributed by atoms with Gasteiger partial charge in [0.05, 0.1) is 10.4 Å². The number of fused-ring (bicyclic) bond motifs is 1. The maximum atomic E-state index is 14.0. The normalized spacial score (nSPS) is 19.2. The lowest BCUT2D eigenvalue weighted by Gasteiger charge is -2.49. The van der Waals surface area contributed by atoms with E-state index in [2.05, 4.69) is 31.5 Å². The molecule has 0 bridgehead atoms. The summed E-state index contributed by atoms with van der Waals surface area (Å²) in [5.41, 5.74) is 10.5. The van der Waals surface area contributed by atoms with Crippen molar-refractivity contribution in [1.82, 2.24) is 35.6 Å². The number of primary amides is 1. The van der Waals surface area contributed by atoms with Gasteiger partial charge in [-0.05, 0) is 29.2 Å². The van der Waals surface area contributed by atoms with Gasteiger partial charge in [0.1, 0.15) is 34.6 Å². The molecule has 0 radical (unpaired) electrons. The van der Waals surface area contributed by atoms with Crippen LogP contribution in [0.2, 0.25) is 0 Å². The summed E-state index contributed by atoms with van der Waals surface area (Å²) in [6, 6.07) is 1.33. The van der Waals surface area contributed by atoms with Crippen molar-refractivity contribution in [3.8, 4) is 5.75 Å². The number of aromatic amines is 1. The molecule has 18 nitrogen and oxygen atoms in total. The average molecular weight is 747 g/mol. The van der Waals surface area contributed by atoms with Crippen LogP contribution in [0.15, 0.2) is 57.0 Å². The first-order chi connectivity index (χ1) is 23.7. The fourth-order valence-corrected chi connectivity index (χ4v) is 8.46. The molecule has 1 aromatic heterocycles. The summed E-state index contributed by atoms with van der Waals surface area (Å²) in [5, 5.41) is 24.8. The minimum atomic E-state index is -1.59. The van der Waals surface area contributed by atoms with Crippen LogP contribution in [-0.4, -0.2) is 88.8 Å². The molecule has 0 saturated carbocycles. The summed E-state index contributed by atoms with van der Waals surface area (Å²) in [6.07, 6.45) is 2.74. The van der Waals surface area contributed by atoms with Gasteiger partial charge in [-0.2, -0.15) is 0 Å². The number of urea groups is 1. The number of β-lactam (4-membered cyclic amide) rings is 1. The fraction of sp³-hybridized carbons (Fsp3) is 0.345. The zero-order valence-corrected chi connectivity index (χ0v) is 29.3. The number of anilines is 2. The van der Waals surface area contributed by atoms with E-state index in [0.717, 1.165) is 20.2 Å². The van der Waals surface area contributed by atoms with Gasteiger partial charge in [-0.15, -0.1) is 23.5 Å². The minimum absolute atomic E-state index is 0.131. The average Bonchev–Trinajstić information content (AvgIpc) is 3.50. The number of amides is 5. The van der Waals surface area contributed by atoms with Gasteiger partial charge in [-0.1, -0.05) is 30.5 Å². The molecule has 5 amide bonds. The maximum Gasteiger partial charge on any atom is 0.352 e. The molecule has 9 N–H and O–H groups in total. The summed E-state index contributed by atoms with van der Waals surface area (Å²) in [6.45, 7) is 5.78. The van der Waals surface area contributed by atoms with Crippen molar-refractivity contribution in [1.29, 1.82) is 0 Å². The number of nitrogens with one attached hydrogen (secondary N) is 5. The summed E-state index contributed by atoms with van der Waals surface area (Å²) in [4.78, 5) is 85.9. The molecule has 266 valence electrons. The molecule has 21 heteroatoms. The highest BCUT2D eigenvalue weighted by Gasteiger charge is 2.55. The molecule has 0 aliphatic carbocycles. The van der Waals surface area contributed by atoms with Crippen LogP contribution >= 0.6 is 35.5 Å². The first-order valence-corrected chi connectivity index (χ1v) is 17.8. The van der Waals surface area contributed by atoms with Crippen molar-refractivity contribution >= 4 is 76.8 Å². The highest BCUT2D eigenvalue weighted by molar-refractivity contribution is 8.21. The van der Waals surface area contributed by atoms with Gasteiger partial charge in [-0.25, -0.2) is 14.6 Å². The SMILES string of the molecule is CC(=O)NN1NC=C(SCC2=C(C(=O)O)N3C(=O)C(NC(=O)C(c4ccc(O)cc4)N(C(N)=O)c4cnc(NCC(C)C)[nH]c4=O)[C@H]3SC2)S1. The van der Waals surface area contributed by atoms with E-state index in [0.29, 0.717) is 12.1 Å². The van der Waals surface area contributed by atoms with Crippen molar-refractivity contribution < 1.29 is 34.2 Å². The lowest BCUT2D eigenvalue weighted by molar-refractivity contribution is -0.150. The molecule has 2 aromatic rings. The van der Waals surface area contributed by atoms with Gasteiger partial charge in [-0.3, -0.25) is 44.8 Å². The van der Waals surface area contributed by atoms with Crippen molar-refractivity contribution in [2.24, 2.45) is 11.7 Å². The van der Waals surface area contributed by atoms with Gasteiger partial charge in [0, 0.05) is 43.1 Å². The van der Waals surface area contributed by atoms with Gasteiger partial charge in [0.25, 0.3) is 11.5 Å². The van der Waals surface area contributed by atoms with Gasteiger partial charge < -0.3 is 26.6 Å². The predicted octanol–water partition coefficient (Wildman–Crippen LogP) is 0.960. The Balaban J connectivity index is 1.36. The van der Waals surface area contributed by atoms with Crippen molar-refractivity contribution in [3.05, 3.63) is 68.1 Å². The van der Waals surface area contributed by atoms with Crippen LogP contribution in [-0.2, 0) is 19.2 Å². The van der Waals surface area contributed by atoms with Gasteiger partial charge in [0.2, 0.25) is 17.8 Å². The Labute approximate surface area is 297 Å². The second kappa shape index (κ2) is 15.4. The van der Waals surface area contributed by atoms with Crippen LogP contribution in [0.25, 0.3) is 0 Å². The lowest BCUT2D eigenvalue weighted by atomic mass is 10.00. The third kappa shape index (κ3) is 7.95. The maximum absolute atomic E-state index is 14.0. The third-order valence-electron chi connectivity index (χ3n) is 7.35. The number of hydrazine groups is 2. The number of phenols is 1. The first kappa shape index (κ1) is 36.4. The number of rotatable bonds is 13. The molecule has 50 heavy (non-hydrogen) atoms. The number of nitrogens with two attached hydrogens (primary N) is 1. The number of aromatic hydroxyl groups is 1. The second-order valence-electron chi connectivity index (χ2n) is 11.5. The minimum Gasteiger partial charge on any atom is -0.508 e. The van der Waals surface area contributed by atoms with E-state index in [-0.39, 0.29) is 52.0 Å². The van der Waals surface area contributed by atoms with E-state index < -0.39 is 46.8 Å². The molecule has 2 unspecified atom stereocenters. The molecule has 4 heterocycles. The standard InChI is InChI=1S/C29H34N10O8S3/c1-13(2)8-31-29-32-9-18(23(42)35-29)37(28(30)47)21(15-4-6-17(41)7-5-15)24(43)34-20-25(44)38-22(27(45)46)16(12-49-26(20)38)11-48-19-10-33-39(50-19)36-14(3)40/h4-7,9-10,13,20-21,26,33,41H,8,11-12H2,1-3H3,(H2,30,47)(H,34,43)(H,36,40)(H,45,46)(H2,31,32,35,42)/t20?,21?,26-/m1/s1. The summed E-state index contributed by atoms with van der Waals surface area (Å²) < 4.78 is 2.14. The molecule has 3 aliphatic rings. The third-order valence-corrected chi connectivity index (χ3v) is 10.8. The molecule has 3 atom stereocenters. The molecular weight excluding hydrogens is 713 g/mol. The molecule has 5 rings (SSSR count). The number of nitrogens with zero attached hydrogens (tertiary/aromatic N) is 4. The molecule has 0 spiro atoms. The van der Waals surface area contributed by atoms with E-state index in [1.807, 2.05) is 13.8 Å². The zero-order chi connectivity index (χ0) is 36.3. The fourth-order valence-electron chi connectivity index (χ4n) is 5.11. The topological polar surface area (TPSA) is 255 Å². The number of carboxylic acids is 1.